The Morgan fingerprint density at radius 1 is 1.19 bits per heavy atom. The predicted molar refractivity (Wildman–Crippen MR) is 100 cm³/mol. The molecule has 0 saturated carbocycles. The highest BCUT2D eigenvalue weighted by molar-refractivity contribution is 5.94. The third-order valence-corrected chi connectivity index (χ3v) is 4.23. The minimum absolute atomic E-state index is 0.0782. The van der Waals surface area contributed by atoms with Crippen LogP contribution in [0.3, 0.4) is 0 Å². The average Bonchev–Trinajstić information content (AvgIpc) is 3.14. The summed E-state index contributed by atoms with van der Waals surface area (Å²) in [7, 11) is 1.76. The van der Waals surface area contributed by atoms with E-state index in [-0.39, 0.29) is 5.91 Å². The summed E-state index contributed by atoms with van der Waals surface area (Å²) in [6.07, 6.45) is 4.33. The highest BCUT2D eigenvalue weighted by Gasteiger charge is 2.15. The van der Waals surface area contributed by atoms with Gasteiger partial charge in [0.25, 0.3) is 5.91 Å². The Hall–Kier alpha value is -3.53. The van der Waals surface area contributed by atoms with E-state index >= 15 is 0 Å². The van der Waals surface area contributed by atoms with Gasteiger partial charge in [-0.1, -0.05) is 19.1 Å². The van der Waals surface area contributed by atoms with Gasteiger partial charge in [-0.25, -0.2) is 4.98 Å². The maximum absolute atomic E-state index is 12.7. The molecule has 2 heterocycles. The minimum atomic E-state index is -0.0782. The van der Waals surface area contributed by atoms with E-state index in [1.165, 1.54) is 0 Å². The molecule has 2 aromatic heterocycles. The number of nitrogens with zero attached hydrogens (tertiary/aromatic N) is 6. The quantitative estimate of drug-likeness (QED) is 0.674. The van der Waals surface area contributed by atoms with Gasteiger partial charge in [-0.2, -0.15) is 5.26 Å². The predicted octanol–water partition coefficient (Wildman–Crippen LogP) is 2.89. The molecule has 7 heteroatoms. The van der Waals surface area contributed by atoms with Crippen molar-refractivity contribution in [3.8, 4) is 17.2 Å². The maximum Gasteiger partial charge on any atom is 0.254 e. The molecule has 0 bridgehead atoms. The molecule has 0 N–H and O–H groups in total. The van der Waals surface area contributed by atoms with Crippen LogP contribution in [-0.2, 0) is 13.1 Å². The number of rotatable bonds is 6. The van der Waals surface area contributed by atoms with E-state index in [1.807, 2.05) is 28.8 Å². The Labute approximate surface area is 157 Å². The van der Waals surface area contributed by atoms with Gasteiger partial charge in [0, 0.05) is 30.9 Å². The van der Waals surface area contributed by atoms with Crippen molar-refractivity contribution in [3.63, 3.8) is 0 Å². The second kappa shape index (κ2) is 8.23. The molecule has 1 amide bonds. The number of benzene rings is 1. The van der Waals surface area contributed by atoms with Gasteiger partial charge in [-0.05, 0) is 36.2 Å². The smallest absolute Gasteiger partial charge is 0.254 e. The van der Waals surface area contributed by atoms with E-state index in [9.17, 15) is 4.79 Å². The number of hydrogen-bond acceptors (Lipinski definition) is 5. The van der Waals surface area contributed by atoms with Crippen LogP contribution in [-0.4, -0.2) is 37.6 Å². The van der Waals surface area contributed by atoms with Gasteiger partial charge in [0.05, 0.1) is 6.54 Å². The van der Waals surface area contributed by atoms with Crippen LogP contribution in [0.4, 0.5) is 0 Å². The molecule has 0 fully saturated rings. The summed E-state index contributed by atoms with van der Waals surface area (Å²) in [4.78, 5) is 18.4. The van der Waals surface area contributed by atoms with Crippen molar-refractivity contribution >= 4 is 5.91 Å². The first kappa shape index (κ1) is 18.3. The largest absolute Gasteiger partial charge is 0.334 e. The van der Waals surface area contributed by atoms with E-state index in [0.717, 1.165) is 29.9 Å². The first-order chi connectivity index (χ1) is 13.1. The van der Waals surface area contributed by atoms with Crippen LogP contribution < -0.4 is 0 Å². The van der Waals surface area contributed by atoms with Crippen LogP contribution in [0.25, 0.3) is 11.1 Å². The Balaban J connectivity index is 1.71. The fourth-order valence-electron chi connectivity index (χ4n) is 2.77. The highest BCUT2D eigenvalue weighted by Crippen LogP contribution is 2.20. The minimum Gasteiger partial charge on any atom is -0.334 e. The molecule has 3 rings (SSSR count). The van der Waals surface area contributed by atoms with E-state index < -0.39 is 0 Å². The average molecular weight is 360 g/mol. The van der Waals surface area contributed by atoms with Gasteiger partial charge in [0.1, 0.15) is 18.1 Å². The topological polar surface area (TPSA) is 87.7 Å². The lowest BCUT2D eigenvalue weighted by Gasteiger charge is -2.17. The van der Waals surface area contributed by atoms with E-state index in [2.05, 4.69) is 22.1 Å². The van der Waals surface area contributed by atoms with Gasteiger partial charge in [0.15, 0.2) is 5.82 Å². The highest BCUT2D eigenvalue weighted by atomic mass is 16.2. The van der Waals surface area contributed by atoms with E-state index in [0.29, 0.717) is 17.8 Å². The van der Waals surface area contributed by atoms with Gasteiger partial charge in [-0.3, -0.25) is 4.79 Å². The molecule has 7 nitrogen and oxygen atoms in total. The Kier molecular flexibility index (Phi) is 5.57. The van der Waals surface area contributed by atoms with Gasteiger partial charge in [-0.15, -0.1) is 10.2 Å². The van der Waals surface area contributed by atoms with Crippen LogP contribution >= 0.6 is 0 Å². The number of amides is 1. The summed E-state index contributed by atoms with van der Waals surface area (Å²) in [5, 5.41) is 16.9. The molecule has 0 saturated heterocycles. The van der Waals surface area contributed by atoms with Crippen molar-refractivity contribution in [2.75, 3.05) is 7.05 Å². The van der Waals surface area contributed by atoms with Crippen LogP contribution in [0.5, 0.6) is 0 Å². The van der Waals surface area contributed by atoms with Crippen LogP contribution in [0, 0.1) is 11.3 Å². The van der Waals surface area contributed by atoms with Gasteiger partial charge in [0.2, 0.25) is 0 Å². The van der Waals surface area contributed by atoms with Crippen LogP contribution in [0.1, 0.15) is 35.2 Å². The van der Waals surface area contributed by atoms with Crippen LogP contribution in [0.2, 0.25) is 0 Å². The number of pyridine rings is 1. The summed E-state index contributed by atoms with van der Waals surface area (Å²) >= 11 is 0. The van der Waals surface area contributed by atoms with Crippen LogP contribution in [0.15, 0.2) is 48.9 Å². The lowest BCUT2D eigenvalue weighted by atomic mass is 10.0. The molecular formula is C20H20N6O. The monoisotopic (exact) mass is 360 g/mol. The number of carbonyl (C=O) groups is 1. The van der Waals surface area contributed by atoms with Gasteiger partial charge < -0.3 is 9.47 Å². The van der Waals surface area contributed by atoms with Crippen molar-refractivity contribution in [2.24, 2.45) is 0 Å². The number of aromatic nitrogens is 4. The SMILES string of the molecule is CCCn1cnnc1CN(C)C(=O)c1ccc(-c2ccc(C#N)nc2)cc1. The third-order valence-electron chi connectivity index (χ3n) is 4.23. The second-order valence-corrected chi connectivity index (χ2v) is 6.22. The van der Waals surface area contributed by atoms with E-state index in [4.69, 9.17) is 5.26 Å². The number of aryl methyl sites for hydroxylation is 1. The first-order valence-electron chi connectivity index (χ1n) is 8.71. The number of hydrogen-bond donors (Lipinski definition) is 0. The van der Waals surface area contributed by atoms with Crippen molar-refractivity contribution in [1.82, 2.24) is 24.6 Å². The molecule has 0 aliphatic rings. The molecule has 136 valence electrons. The third kappa shape index (κ3) is 4.18. The number of nitriles is 1. The Morgan fingerprint density at radius 3 is 2.56 bits per heavy atom. The molecule has 0 aliphatic heterocycles. The van der Waals surface area contributed by atoms with Crippen molar-refractivity contribution in [1.29, 1.82) is 5.26 Å². The zero-order chi connectivity index (χ0) is 19.2. The first-order valence-corrected chi connectivity index (χ1v) is 8.71. The molecule has 0 atom stereocenters. The fourth-order valence-corrected chi connectivity index (χ4v) is 2.77. The van der Waals surface area contributed by atoms with Crippen molar-refractivity contribution in [3.05, 3.63) is 66.0 Å². The summed E-state index contributed by atoms with van der Waals surface area (Å²) in [5.41, 5.74) is 2.82. The summed E-state index contributed by atoms with van der Waals surface area (Å²) in [6.45, 7) is 3.32. The zero-order valence-corrected chi connectivity index (χ0v) is 15.3. The molecule has 27 heavy (non-hydrogen) atoms. The van der Waals surface area contributed by atoms with E-state index in [1.54, 1.807) is 42.7 Å². The molecule has 0 unspecified atom stereocenters. The maximum atomic E-state index is 12.7. The summed E-state index contributed by atoms with van der Waals surface area (Å²) in [5.74, 6) is 0.693. The summed E-state index contributed by atoms with van der Waals surface area (Å²) < 4.78 is 1.96. The second-order valence-electron chi connectivity index (χ2n) is 6.22. The summed E-state index contributed by atoms with van der Waals surface area (Å²) in [6, 6.07) is 12.9. The standard InChI is InChI=1S/C20H20N6O/c1-3-10-26-14-23-24-19(26)13-25(2)20(27)16-6-4-15(5-7-16)17-8-9-18(11-21)22-12-17/h4-9,12,14H,3,10,13H2,1-2H3. The van der Waals surface area contributed by atoms with Crippen molar-refractivity contribution < 1.29 is 4.79 Å². The normalized spacial score (nSPS) is 10.4. The lowest BCUT2D eigenvalue weighted by molar-refractivity contribution is 0.0780. The molecule has 0 radical (unpaired) electrons. The van der Waals surface area contributed by atoms with Crippen molar-refractivity contribution in [2.45, 2.75) is 26.4 Å². The Bertz CT molecular complexity index is 953. The fraction of sp³-hybridized carbons (Fsp3) is 0.250. The Morgan fingerprint density at radius 2 is 1.93 bits per heavy atom. The molecule has 0 spiro atoms. The lowest BCUT2D eigenvalue weighted by Crippen LogP contribution is -2.27. The molecule has 1 aromatic carbocycles. The molecular weight excluding hydrogens is 340 g/mol. The molecule has 0 aliphatic carbocycles. The zero-order valence-electron chi connectivity index (χ0n) is 15.3. The number of carbonyl (C=O) groups excluding carboxylic acids is 1. The van der Waals surface area contributed by atoms with Gasteiger partial charge >= 0.3 is 0 Å². The molecule has 3 aromatic rings.